The van der Waals surface area contributed by atoms with Gasteiger partial charge in [-0.1, -0.05) is 48.5 Å². The summed E-state index contributed by atoms with van der Waals surface area (Å²) in [6.45, 7) is 0. The van der Waals surface area contributed by atoms with Crippen molar-refractivity contribution < 1.29 is 9.53 Å². The van der Waals surface area contributed by atoms with Crippen LogP contribution in [-0.4, -0.2) is 17.6 Å². The Labute approximate surface area is 186 Å². The largest absolute Gasteiger partial charge is 0.497 e. The van der Waals surface area contributed by atoms with Crippen LogP contribution in [0.5, 0.6) is 5.75 Å². The molecule has 1 aliphatic rings. The highest BCUT2D eigenvalue weighted by molar-refractivity contribution is 6.06. The molecule has 160 valence electrons. The highest BCUT2D eigenvalue weighted by Gasteiger charge is 2.23. The lowest BCUT2D eigenvalue weighted by Crippen LogP contribution is -2.32. The fourth-order valence-electron chi connectivity index (χ4n) is 4.56. The van der Waals surface area contributed by atoms with Crippen LogP contribution in [0.3, 0.4) is 0 Å². The fraction of sp³-hybridized carbons (Fsp3) is 0.185. The first-order chi connectivity index (χ1) is 15.7. The van der Waals surface area contributed by atoms with Crippen LogP contribution in [0.1, 0.15) is 40.4 Å². The Morgan fingerprint density at radius 3 is 2.62 bits per heavy atom. The van der Waals surface area contributed by atoms with Gasteiger partial charge in [0.15, 0.2) is 0 Å². The normalized spacial score (nSPS) is 15.2. The third kappa shape index (κ3) is 3.56. The minimum Gasteiger partial charge on any atom is -0.497 e. The molecule has 0 fully saturated rings. The second kappa shape index (κ2) is 8.35. The number of benzene rings is 3. The summed E-state index contributed by atoms with van der Waals surface area (Å²) in [4.78, 5) is 26.8. The van der Waals surface area contributed by atoms with E-state index in [0.717, 1.165) is 19.3 Å². The Kier molecular flexibility index (Phi) is 5.23. The zero-order valence-corrected chi connectivity index (χ0v) is 17.9. The lowest BCUT2D eigenvalue weighted by molar-refractivity contribution is 0.0934. The molecule has 0 saturated carbocycles. The summed E-state index contributed by atoms with van der Waals surface area (Å²) < 4.78 is 6.84. The summed E-state index contributed by atoms with van der Waals surface area (Å²) in [6, 6.07) is 22.8. The number of carbonyl (C=O) groups excluding carboxylic acids is 1. The van der Waals surface area contributed by atoms with E-state index in [1.54, 1.807) is 25.4 Å². The zero-order valence-electron chi connectivity index (χ0n) is 17.9. The summed E-state index contributed by atoms with van der Waals surface area (Å²) in [5, 5.41) is 4.38. The summed E-state index contributed by atoms with van der Waals surface area (Å²) >= 11 is 0. The number of rotatable bonds is 4. The van der Waals surface area contributed by atoms with Gasteiger partial charge in [0.1, 0.15) is 5.75 Å². The zero-order chi connectivity index (χ0) is 22.1. The molecule has 0 spiro atoms. The van der Waals surface area contributed by atoms with Crippen molar-refractivity contribution in [1.29, 1.82) is 0 Å². The van der Waals surface area contributed by atoms with Crippen LogP contribution >= 0.6 is 0 Å². The van der Waals surface area contributed by atoms with Crippen molar-refractivity contribution in [1.82, 2.24) is 9.88 Å². The van der Waals surface area contributed by atoms with E-state index >= 15 is 0 Å². The average molecular weight is 425 g/mol. The molecule has 0 saturated heterocycles. The van der Waals surface area contributed by atoms with Gasteiger partial charge in [-0.25, -0.2) is 0 Å². The van der Waals surface area contributed by atoms with Crippen molar-refractivity contribution in [2.45, 2.75) is 25.3 Å². The Morgan fingerprint density at radius 2 is 1.78 bits per heavy atom. The van der Waals surface area contributed by atoms with E-state index in [4.69, 9.17) is 4.74 Å². The Morgan fingerprint density at radius 1 is 1.00 bits per heavy atom. The molecule has 5 nitrogen and oxygen atoms in total. The molecule has 1 aromatic heterocycles. The Hall–Kier alpha value is -3.86. The molecule has 0 radical (unpaired) electrons. The van der Waals surface area contributed by atoms with Gasteiger partial charge in [-0.15, -0.1) is 0 Å². The molecule has 0 bridgehead atoms. The number of pyridine rings is 1. The molecular weight excluding hydrogens is 400 g/mol. The molecule has 1 atom stereocenters. The van der Waals surface area contributed by atoms with Crippen molar-refractivity contribution in [3.8, 4) is 11.4 Å². The molecule has 0 aliphatic heterocycles. The second-order valence-corrected chi connectivity index (χ2v) is 8.08. The number of carbonyl (C=O) groups is 1. The van der Waals surface area contributed by atoms with Crippen molar-refractivity contribution in [2.24, 2.45) is 0 Å². The quantitative estimate of drug-likeness (QED) is 0.512. The standard InChI is InChI=1S/C27H24N2O3/c1-32-20-11-7-10-19(16-20)29-17-24(22-13-4-5-14-23(22)27(29)31)26(30)28-25-15-6-9-18-8-2-3-12-21(18)25/h2-5,7-8,10-14,16-17,25H,6,9,15H2,1H3,(H,28,30)/t25-/m1/s1. The summed E-state index contributed by atoms with van der Waals surface area (Å²) in [6.07, 6.45) is 4.61. The number of hydrogen-bond acceptors (Lipinski definition) is 3. The summed E-state index contributed by atoms with van der Waals surface area (Å²) in [5.74, 6) is 0.465. The van der Waals surface area contributed by atoms with E-state index < -0.39 is 0 Å². The molecule has 32 heavy (non-hydrogen) atoms. The van der Waals surface area contributed by atoms with Crippen LogP contribution in [0.25, 0.3) is 16.5 Å². The summed E-state index contributed by atoms with van der Waals surface area (Å²) in [5.41, 5.74) is 3.42. The van der Waals surface area contributed by atoms with Gasteiger partial charge in [-0.2, -0.15) is 0 Å². The molecule has 1 amide bonds. The lowest BCUT2D eigenvalue weighted by atomic mass is 9.87. The topological polar surface area (TPSA) is 60.3 Å². The maximum absolute atomic E-state index is 13.5. The fourth-order valence-corrected chi connectivity index (χ4v) is 4.56. The number of hydrogen-bond donors (Lipinski definition) is 1. The van der Waals surface area contributed by atoms with Gasteiger partial charge in [0.2, 0.25) is 0 Å². The molecule has 1 aliphatic carbocycles. The van der Waals surface area contributed by atoms with Gasteiger partial charge in [-0.05, 0) is 48.6 Å². The number of nitrogens with zero attached hydrogens (tertiary/aromatic N) is 1. The average Bonchev–Trinajstić information content (AvgIpc) is 2.84. The first kappa shape index (κ1) is 20.1. The highest BCUT2D eigenvalue weighted by atomic mass is 16.5. The third-order valence-corrected chi connectivity index (χ3v) is 6.18. The molecule has 4 aromatic rings. The highest BCUT2D eigenvalue weighted by Crippen LogP contribution is 2.30. The monoisotopic (exact) mass is 424 g/mol. The van der Waals surface area contributed by atoms with Crippen molar-refractivity contribution in [3.63, 3.8) is 0 Å². The van der Waals surface area contributed by atoms with Crippen LogP contribution in [-0.2, 0) is 6.42 Å². The van der Waals surface area contributed by atoms with Crippen LogP contribution in [0.15, 0.2) is 83.8 Å². The number of nitrogens with one attached hydrogen (secondary N) is 1. The molecule has 0 unspecified atom stereocenters. The van der Waals surface area contributed by atoms with E-state index in [1.165, 1.54) is 15.7 Å². The number of aryl methyl sites for hydroxylation is 1. The predicted molar refractivity (Wildman–Crippen MR) is 126 cm³/mol. The van der Waals surface area contributed by atoms with E-state index in [2.05, 4.69) is 17.4 Å². The number of ether oxygens (including phenoxy) is 1. The molecule has 5 heteroatoms. The maximum atomic E-state index is 13.5. The minimum atomic E-state index is -0.181. The Bertz CT molecular complexity index is 1370. The number of fused-ring (bicyclic) bond motifs is 2. The van der Waals surface area contributed by atoms with E-state index in [9.17, 15) is 9.59 Å². The first-order valence-electron chi connectivity index (χ1n) is 10.8. The third-order valence-electron chi connectivity index (χ3n) is 6.18. The smallest absolute Gasteiger partial charge is 0.262 e. The number of methoxy groups -OCH3 is 1. The van der Waals surface area contributed by atoms with Crippen molar-refractivity contribution in [2.75, 3.05) is 7.11 Å². The molecule has 5 rings (SSSR count). The van der Waals surface area contributed by atoms with E-state index in [-0.39, 0.29) is 17.5 Å². The van der Waals surface area contributed by atoms with Crippen LogP contribution < -0.4 is 15.6 Å². The van der Waals surface area contributed by atoms with Gasteiger partial charge in [0, 0.05) is 23.0 Å². The van der Waals surface area contributed by atoms with Gasteiger partial charge in [0.25, 0.3) is 11.5 Å². The summed E-state index contributed by atoms with van der Waals surface area (Å²) in [7, 11) is 1.59. The number of aromatic nitrogens is 1. The molecular formula is C27H24N2O3. The maximum Gasteiger partial charge on any atom is 0.262 e. The molecule has 1 N–H and O–H groups in total. The SMILES string of the molecule is COc1cccc(-n2cc(C(=O)N[C@@H]3CCCc4ccccc43)c3ccccc3c2=O)c1. The van der Waals surface area contributed by atoms with E-state index in [0.29, 0.717) is 27.8 Å². The van der Waals surface area contributed by atoms with Crippen LogP contribution in [0.4, 0.5) is 0 Å². The minimum absolute atomic E-state index is 0.0385. The van der Waals surface area contributed by atoms with E-state index in [1.807, 2.05) is 48.5 Å². The second-order valence-electron chi connectivity index (χ2n) is 8.08. The first-order valence-corrected chi connectivity index (χ1v) is 10.8. The van der Waals surface area contributed by atoms with Crippen LogP contribution in [0.2, 0.25) is 0 Å². The Balaban J connectivity index is 1.60. The number of amides is 1. The van der Waals surface area contributed by atoms with Gasteiger partial charge in [0.05, 0.1) is 24.4 Å². The predicted octanol–water partition coefficient (Wildman–Crippen LogP) is 4.81. The lowest BCUT2D eigenvalue weighted by Gasteiger charge is -2.26. The van der Waals surface area contributed by atoms with Gasteiger partial charge in [-0.3, -0.25) is 14.2 Å². The van der Waals surface area contributed by atoms with Gasteiger partial charge < -0.3 is 10.1 Å². The molecule has 1 heterocycles. The van der Waals surface area contributed by atoms with Crippen molar-refractivity contribution >= 4 is 16.7 Å². The van der Waals surface area contributed by atoms with Gasteiger partial charge >= 0.3 is 0 Å². The molecule has 3 aromatic carbocycles. The van der Waals surface area contributed by atoms with Crippen LogP contribution in [0, 0.1) is 0 Å². The van der Waals surface area contributed by atoms with Crippen molar-refractivity contribution in [3.05, 3.63) is 106 Å².